The van der Waals surface area contributed by atoms with Crippen molar-refractivity contribution in [2.75, 3.05) is 26.2 Å². The molecule has 7 nitrogen and oxygen atoms in total. The van der Waals surface area contributed by atoms with Crippen LogP contribution in [0.4, 0.5) is 13.2 Å². The molecule has 0 bridgehead atoms. The van der Waals surface area contributed by atoms with Crippen molar-refractivity contribution in [3.8, 4) is 0 Å². The van der Waals surface area contributed by atoms with Crippen molar-refractivity contribution >= 4 is 21.7 Å². The number of benzene rings is 1. The summed E-state index contributed by atoms with van der Waals surface area (Å²) in [5.74, 6) is -0.275. The molecule has 1 N–H and O–H groups in total. The van der Waals surface area contributed by atoms with Gasteiger partial charge in [-0.1, -0.05) is 0 Å². The van der Waals surface area contributed by atoms with Gasteiger partial charge in [-0.15, -0.1) is 0 Å². The highest BCUT2D eigenvalue weighted by molar-refractivity contribution is 7.89. The van der Waals surface area contributed by atoms with Gasteiger partial charge in [0.1, 0.15) is 5.69 Å². The third-order valence-electron chi connectivity index (χ3n) is 6.00. The highest BCUT2D eigenvalue weighted by Crippen LogP contribution is 2.31. The lowest BCUT2D eigenvalue weighted by atomic mass is 9.94. The molecule has 4 rings (SSSR count). The average molecular weight is 469 g/mol. The number of fused-ring (bicyclic) bond motifs is 1. The molecule has 0 saturated carbocycles. The highest BCUT2D eigenvalue weighted by Gasteiger charge is 2.34. The summed E-state index contributed by atoms with van der Waals surface area (Å²) in [6, 6.07) is 3.37. The lowest BCUT2D eigenvalue weighted by molar-refractivity contribution is -0.137. The van der Waals surface area contributed by atoms with Crippen LogP contribution in [0.3, 0.4) is 0 Å². The van der Waals surface area contributed by atoms with E-state index in [0.29, 0.717) is 29.7 Å². The van der Waals surface area contributed by atoms with Gasteiger partial charge in [-0.05, 0) is 49.6 Å². The number of amides is 1. The Morgan fingerprint density at radius 1 is 1.03 bits per heavy atom. The number of H-pyrrole nitrogens is 1. The van der Waals surface area contributed by atoms with Gasteiger partial charge in [-0.2, -0.15) is 17.5 Å². The van der Waals surface area contributed by atoms with Crippen LogP contribution in [-0.4, -0.2) is 60.5 Å². The molecule has 2 aromatic rings. The summed E-state index contributed by atoms with van der Waals surface area (Å²) in [6.07, 6.45) is -2.65. The SMILES string of the molecule is Cc1c(C(=O)N2CCN(S(=O)(=O)c3ccc(C(F)(F)F)cc3)CC2)[nH]c2c1C(=O)CCC2. The van der Waals surface area contributed by atoms with Gasteiger partial charge in [-0.25, -0.2) is 8.42 Å². The predicted molar refractivity (Wildman–Crippen MR) is 109 cm³/mol. The number of ketones is 1. The zero-order chi connectivity index (χ0) is 23.3. The number of nitrogens with one attached hydrogen (secondary N) is 1. The smallest absolute Gasteiger partial charge is 0.354 e. The van der Waals surface area contributed by atoms with Crippen molar-refractivity contribution < 1.29 is 31.2 Å². The van der Waals surface area contributed by atoms with Crippen LogP contribution in [0.15, 0.2) is 29.2 Å². The second-order valence-corrected chi connectivity index (χ2v) is 9.91. The van der Waals surface area contributed by atoms with E-state index >= 15 is 0 Å². The number of sulfonamides is 1. The van der Waals surface area contributed by atoms with Gasteiger partial charge < -0.3 is 9.88 Å². The van der Waals surface area contributed by atoms with Crippen LogP contribution in [0.1, 0.15) is 50.5 Å². The minimum atomic E-state index is -4.55. The van der Waals surface area contributed by atoms with E-state index in [4.69, 9.17) is 0 Å². The lowest BCUT2D eigenvalue weighted by Gasteiger charge is -2.34. The molecule has 0 atom stereocenters. The van der Waals surface area contributed by atoms with Crippen LogP contribution >= 0.6 is 0 Å². The molecule has 32 heavy (non-hydrogen) atoms. The monoisotopic (exact) mass is 469 g/mol. The van der Waals surface area contributed by atoms with Crippen molar-refractivity contribution in [3.05, 3.63) is 52.3 Å². The molecule has 172 valence electrons. The van der Waals surface area contributed by atoms with E-state index in [0.717, 1.165) is 40.7 Å². The van der Waals surface area contributed by atoms with E-state index < -0.39 is 21.8 Å². The molecule has 2 heterocycles. The predicted octanol–water partition coefficient (Wildman–Crippen LogP) is 3.01. The third kappa shape index (κ3) is 3.95. The first-order chi connectivity index (χ1) is 15.0. The molecule has 0 spiro atoms. The van der Waals surface area contributed by atoms with Gasteiger partial charge in [0, 0.05) is 43.9 Å². The number of aromatic nitrogens is 1. The number of Topliss-reactive ketones (excluding diaryl/α,β-unsaturated/α-hetero) is 1. The summed E-state index contributed by atoms with van der Waals surface area (Å²) < 4.78 is 65.0. The number of hydrogen-bond donors (Lipinski definition) is 1. The molecule has 1 aromatic carbocycles. The summed E-state index contributed by atoms with van der Waals surface area (Å²) >= 11 is 0. The van der Waals surface area contributed by atoms with Crippen molar-refractivity contribution in [2.24, 2.45) is 0 Å². The molecule has 1 aliphatic carbocycles. The second-order valence-electron chi connectivity index (χ2n) is 7.97. The number of hydrogen-bond acceptors (Lipinski definition) is 4. The maximum atomic E-state index is 13.0. The van der Waals surface area contributed by atoms with Crippen molar-refractivity contribution in [1.29, 1.82) is 0 Å². The Kier molecular flexibility index (Phi) is 5.66. The first-order valence-electron chi connectivity index (χ1n) is 10.2. The van der Waals surface area contributed by atoms with E-state index in [1.54, 1.807) is 6.92 Å². The Morgan fingerprint density at radius 3 is 2.22 bits per heavy atom. The van der Waals surface area contributed by atoms with E-state index in [2.05, 4.69) is 4.98 Å². The molecule has 0 radical (unpaired) electrons. The number of carbonyl (C=O) groups is 2. The van der Waals surface area contributed by atoms with Crippen LogP contribution in [0.25, 0.3) is 0 Å². The summed E-state index contributed by atoms with van der Waals surface area (Å²) in [4.78, 5) is 29.6. The molecule has 1 fully saturated rings. The number of nitrogens with zero attached hydrogens (tertiary/aromatic N) is 2. The Balaban J connectivity index is 1.46. The number of carbonyl (C=O) groups excluding carboxylic acids is 2. The van der Waals surface area contributed by atoms with E-state index in [1.807, 2.05) is 0 Å². The normalized spacial score (nSPS) is 18.0. The van der Waals surface area contributed by atoms with E-state index in [9.17, 15) is 31.2 Å². The quantitative estimate of drug-likeness (QED) is 0.748. The number of rotatable bonds is 3. The molecule has 1 aromatic heterocycles. The van der Waals surface area contributed by atoms with Gasteiger partial charge in [0.05, 0.1) is 10.5 Å². The molecule has 11 heteroatoms. The van der Waals surface area contributed by atoms with Crippen molar-refractivity contribution in [3.63, 3.8) is 0 Å². The highest BCUT2D eigenvalue weighted by atomic mass is 32.2. The summed E-state index contributed by atoms with van der Waals surface area (Å²) in [5, 5.41) is 0. The number of aryl methyl sites for hydroxylation is 1. The topological polar surface area (TPSA) is 90.6 Å². The maximum absolute atomic E-state index is 13.0. The van der Waals surface area contributed by atoms with Gasteiger partial charge in [0.25, 0.3) is 5.91 Å². The van der Waals surface area contributed by atoms with Gasteiger partial charge in [-0.3, -0.25) is 9.59 Å². The summed E-state index contributed by atoms with van der Waals surface area (Å²) in [7, 11) is -3.98. The van der Waals surface area contributed by atoms with Crippen LogP contribution in [-0.2, 0) is 22.6 Å². The fraction of sp³-hybridized carbons (Fsp3) is 0.429. The van der Waals surface area contributed by atoms with E-state index in [-0.39, 0.29) is 42.8 Å². The molecule has 2 aliphatic rings. The third-order valence-corrected chi connectivity index (χ3v) is 7.91. The second kappa shape index (κ2) is 8.04. The standard InChI is InChI=1S/C21H22F3N3O4S/c1-13-18-16(3-2-4-17(18)28)25-19(13)20(29)26-9-11-27(12-10-26)32(30,31)15-7-5-14(6-8-15)21(22,23)24/h5-8,25H,2-4,9-12H2,1H3. The molecular formula is C21H22F3N3O4S. The Labute approximate surface area is 183 Å². The van der Waals surface area contributed by atoms with Crippen LogP contribution in [0.5, 0.6) is 0 Å². The molecule has 1 saturated heterocycles. The first kappa shape index (κ1) is 22.5. The van der Waals surface area contributed by atoms with Gasteiger partial charge in [0.15, 0.2) is 5.78 Å². The number of aromatic amines is 1. The van der Waals surface area contributed by atoms with Gasteiger partial charge >= 0.3 is 6.18 Å². The minimum absolute atomic E-state index is 0.0199. The average Bonchev–Trinajstić information content (AvgIpc) is 3.10. The van der Waals surface area contributed by atoms with Gasteiger partial charge in [0.2, 0.25) is 10.0 Å². The number of piperazine rings is 1. The van der Waals surface area contributed by atoms with Crippen LogP contribution in [0, 0.1) is 6.92 Å². The van der Waals surface area contributed by atoms with Crippen LogP contribution in [0.2, 0.25) is 0 Å². The Hall–Kier alpha value is -2.66. The molecular weight excluding hydrogens is 447 g/mol. The van der Waals surface area contributed by atoms with E-state index in [1.165, 1.54) is 4.90 Å². The minimum Gasteiger partial charge on any atom is -0.354 e. The number of halogens is 3. The molecule has 1 aliphatic heterocycles. The molecule has 0 unspecified atom stereocenters. The molecule has 1 amide bonds. The summed E-state index contributed by atoms with van der Waals surface area (Å²) in [6.45, 7) is 2.05. The zero-order valence-electron chi connectivity index (χ0n) is 17.3. The van der Waals surface area contributed by atoms with Crippen LogP contribution < -0.4 is 0 Å². The first-order valence-corrected chi connectivity index (χ1v) is 11.7. The summed E-state index contributed by atoms with van der Waals surface area (Å²) in [5.41, 5.74) is 1.40. The zero-order valence-corrected chi connectivity index (χ0v) is 18.1. The Bertz CT molecular complexity index is 1160. The van der Waals surface area contributed by atoms with Crippen molar-refractivity contribution in [2.45, 2.75) is 37.3 Å². The Morgan fingerprint density at radius 2 is 1.66 bits per heavy atom. The lowest BCUT2D eigenvalue weighted by Crippen LogP contribution is -2.50. The number of alkyl halides is 3. The van der Waals surface area contributed by atoms with Crippen molar-refractivity contribution in [1.82, 2.24) is 14.2 Å². The largest absolute Gasteiger partial charge is 0.416 e. The fourth-order valence-corrected chi connectivity index (χ4v) is 5.66. The maximum Gasteiger partial charge on any atom is 0.416 e. The fourth-order valence-electron chi connectivity index (χ4n) is 4.24.